The minimum Gasteiger partial charge on any atom is -0.440 e. The first-order chi connectivity index (χ1) is 9.39. The molecular formula is C14H36O3Si4. The maximum atomic E-state index is 6.50. The lowest BCUT2D eigenvalue weighted by Gasteiger charge is -2.38. The largest absolute Gasteiger partial charge is 0.440 e. The number of hydrogen-bond donors (Lipinski definition) is 0. The summed E-state index contributed by atoms with van der Waals surface area (Å²) in [7, 11) is -6.93. The second-order valence-corrected chi connectivity index (χ2v) is 21.6. The molecule has 0 aliphatic carbocycles. The summed E-state index contributed by atoms with van der Waals surface area (Å²) in [5, 5.41) is 0. The van der Waals surface area contributed by atoms with Gasteiger partial charge in [-0.15, -0.1) is 0 Å². The fourth-order valence-corrected chi connectivity index (χ4v) is 19.4. The molecule has 126 valence electrons. The standard InChI is InChI=1S/C14H36O3Si4/c1-10-11-12-13-14-19(4,5)16-21(8,9)17-20(6,7)15-18(2)3/h12-13,18H,10-11,14H2,1-9H3. The third-order valence-corrected chi connectivity index (χ3v) is 16.2. The summed E-state index contributed by atoms with van der Waals surface area (Å²) < 4.78 is 19.0. The molecular weight excluding hydrogens is 328 g/mol. The van der Waals surface area contributed by atoms with Gasteiger partial charge in [0.05, 0.1) is 0 Å². The van der Waals surface area contributed by atoms with Crippen molar-refractivity contribution in [2.24, 2.45) is 0 Å². The molecule has 0 aliphatic heterocycles. The predicted octanol–water partition coefficient (Wildman–Crippen LogP) is 4.98. The van der Waals surface area contributed by atoms with Gasteiger partial charge >= 0.3 is 17.1 Å². The molecule has 3 nitrogen and oxygen atoms in total. The highest BCUT2D eigenvalue weighted by Crippen LogP contribution is 2.24. The normalized spacial score (nSPS) is 14.4. The van der Waals surface area contributed by atoms with E-state index in [1.54, 1.807) is 0 Å². The van der Waals surface area contributed by atoms with Gasteiger partial charge in [-0.05, 0) is 64.8 Å². The van der Waals surface area contributed by atoms with Crippen LogP contribution in [0.5, 0.6) is 0 Å². The van der Waals surface area contributed by atoms with Crippen molar-refractivity contribution in [3.8, 4) is 0 Å². The molecule has 0 spiro atoms. The molecule has 0 heterocycles. The number of allylic oxidation sites excluding steroid dienone is 2. The van der Waals surface area contributed by atoms with Gasteiger partial charge in [0.1, 0.15) is 0 Å². The highest BCUT2D eigenvalue weighted by Gasteiger charge is 2.40. The number of hydrogen-bond acceptors (Lipinski definition) is 3. The topological polar surface area (TPSA) is 27.7 Å². The third kappa shape index (κ3) is 11.7. The van der Waals surface area contributed by atoms with Crippen LogP contribution in [-0.2, 0) is 12.3 Å². The smallest absolute Gasteiger partial charge is 0.312 e. The average molecular weight is 365 g/mol. The zero-order valence-corrected chi connectivity index (χ0v) is 19.7. The fourth-order valence-electron chi connectivity index (χ4n) is 2.56. The lowest BCUT2D eigenvalue weighted by molar-refractivity contribution is 0.334. The Morgan fingerprint density at radius 1 is 0.857 bits per heavy atom. The molecule has 0 aromatic heterocycles. The van der Waals surface area contributed by atoms with E-state index in [9.17, 15) is 0 Å². The van der Waals surface area contributed by atoms with E-state index >= 15 is 0 Å². The molecule has 0 rings (SSSR count). The van der Waals surface area contributed by atoms with E-state index in [-0.39, 0.29) is 0 Å². The first-order valence-electron chi connectivity index (χ1n) is 8.12. The minimum atomic E-state index is -2.12. The summed E-state index contributed by atoms with van der Waals surface area (Å²) >= 11 is 0. The zero-order valence-electron chi connectivity index (χ0n) is 15.6. The minimum absolute atomic E-state index is 1.06. The molecule has 0 aromatic rings. The Morgan fingerprint density at radius 3 is 1.90 bits per heavy atom. The van der Waals surface area contributed by atoms with E-state index in [0.717, 1.165) is 12.5 Å². The highest BCUT2D eigenvalue weighted by molar-refractivity contribution is 6.87. The monoisotopic (exact) mass is 364 g/mol. The molecule has 0 unspecified atom stereocenters. The summed E-state index contributed by atoms with van der Waals surface area (Å²) in [5.41, 5.74) is 0. The van der Waals surface area contributed by atoms with Crippen molar-refractivity contribution in [1.29, 1.82) is 0 Å². The Labute approximate surface area is 137 Å². The van der Waals surface area contributed by atoms with Gasteiger partial charge in [-0.2, -0.15) is 0 Å². The molecule has 0 aromatic carbocycles. The van der Waals surface area contributed by atoms with Crippen molar-refractivity contribution < 1.29 is 12.3 Å². The summed E-state index contributed by atoms with van der Waals surface area (Å²) in [5.74, 6) is 0. The van der Waals surface area contributed by atoms with Crippen LogP contribution in [0.2, 0.25) is 58.4 Å². The van der Waals surface area contributed by atoms with Gasteiger partial charge in [0, 0.05) is 0 Å². The van der Waals surface area contributed by atoms with Crippen molar-refractivity contribution in [3.63, 3.8) is 0 Å². The summed E-state index contributed by atoms with van der Waals surface area (Å²) in [6.45, 7) is 19.8. The molecule has 0 aliphatic rings. The van der Waals surface area contributed by atoms with Crippen molar-refractivity contribution in [2.45, 2.75) is 78.2 Å². The molecule has 0 radical (unpaired) electrons. The zero-order chi connectivity index (χ0) is 16.7. The van der Waals surface area contributed by atoms with Crippen LogP contribution in [0.15, 0.2) is 12.2 Å². The quantitative estimate of drug-likeness (QED) is 0.404. The van der Waals surface area contributed by atoms with E-state index in [1.807, 2.05) is 0 Å². The van der Waals surface area contributed by atoms with Crippen LogP contribution in [0, 0.1) is 0 Å². The molecule has 7 heteroatoms. The van der Waals surface area contributed by atoms with Gasteiger partial charge in [-0.1, -0.05) is 25.5 Å². The third-order valence-electron chi connectivity index (χ3n) is 2.76. The number of unbranched alkanes of at least 4 members (excludes halogenated alkanes) is 1. The van der Waals surface area contributed by atoms with Crippen molar-refractivity contribution in [3.05, 3.63) is 12.2 Å². The lowest BCUT2D eigenvalue weighted by Crippen LogP contribution is -2.54. The fraction of sp³-hybridized carbons (Fsp3) is 0.857. The Balaban J connectivity index is 4.56. The van der Waals surface area contributed by atoms with E-state index < -0.39 is 34.5 Å². The van der Waals surface area contributed by atoms with Gasteiger partial charge in [0.25, 0.3) is 0 Å². The molecule has 0 amide bonds. The maximum absolute atomic E-state index is 6.50. The van der Waals surface area contributed by atoms with E-state index in [1.165, 1.54) is 6.42 Å². The maximum Gasteiger partial charge on any atom is 0.312 e. The second-order valence-electron chi connectivity index (χ2n) is 7.39. The first kappa shape index (κ1) is 21.5. The van der Waals surface area contributed by atoms with Crippen LogP contribution in [0.1, 0.15) is 19.8 Å². The molecule has 0 N–H and O–H groups in total. The molecule has 0 saturated carbocycles. The van der Waals surface area contributed by atoms with Crippen molar-refractivity contribution in [1.82, 2.24) is 0 Å². The molecule has 0 bridgehead atoms. The van der Waals surface area contributed by atoms with Gasteiger partial charge in [-0.25, -0.2) is 0 Å². The van der Waals surface area contributed by atoms with Crippen LogP contribution in [0.25, 0.3) is 0 Å². The summed E-state index contributed by atoms with van der Waals surface area (Å²) in [6, 6.07) is 1.06. The average Bonchev–Trinajstić information content (AvgIpc) is 2.18. The highest BCUT2D eigenvalue weighted by atomic mass is 28.5. The Bertz CT molecular complexity index is 328. The molecule has 0 atom stereocenters. The van der Waals surface area contributed by atoms with Crippen molar-refractivity contribution >= 4 is 34.5 Å². The first-order valence-corrected chi connectivity index (χ1v) is 19.7. The predicted molar refractivity (Wildman–Crippen MR) is 103 cm³/mol. The van der Waals surface area contributed by atoms with Gasteiger partial charge in [0.15, 0.2) is 17.4 Å². The van der Waals surface area contributed by atoms with Gasteiger partial charge < -0.3 is 12.3 Å². The van der Waals surface area contributed by atoms with Crippen LogP contribution in [0.3, 0.4) is 0 Å². The summed E-state index contributed by atoms with van der Waals surface area (Å²) in [4.78, 5) is 0. The SMILES string of the molecule is CCCC=CC[Si](C)(C)O[Si](C)(C)O[Si](C)(C)O[SiH](C)C. The Morgan fingerprint density at radius 2 is 1.43 bits per heavy atom. The second kappa shape index (κ2) is 8.95. The lowest BCUT2D eigenvalue weighted by atomic mass is 10.3. The van der Waals surface area contributed by atoms with E-state index in [0.29, 0.717) is 0 Å². The van der Waals surface area contributed by atoms with E-state index in [4.69, 9.17) is 12.3 Å². The number of rotatable bonds is 10. The van der Waals surface area contributed by atoms with E-state index in [2.05, 4.69) is 71.5 Å². The van der Waals surface area contributed by atoms with Crippen LogP contribution in [-0.4, -0.2) is 34.5 Å². The summed E-state index contributed by atoms with van der Waals surface area (Å²) in [6.07, 6.45) is 6.94. The molecule has 21 heavy (non-hydrogen) atoms. The Kier molecular flexibility index (Phi) is 9.16. The Hall–Kier alpha value is 0.488. The van der Waals surface area contributed by atoms with Gasteiger partial charge in [0.2, 0.25) is 0 Å². The van der Waals surface area contributed by atoms with Crippen LogP contribution >= 0.6 is 0 Å². The van der Waals surface area contributed by atoms with Crippen LogP contribution in [0.4, 0.5) is 0 Å². The van der Waals surface area contributed by atoms with Crippen molar-refractivity contribution in [2.75, 3.05) is 0 Å². The molecule has 0 saturated heterocycles. The van der Waals surface area contributed by atoms with Crippen LogP contribution < -0.4 is 0 Å². The molecule has 0 fully saturated rings. The van der Waals surface area contributed by atoms with Gasteiger partial charge in [-0.3, -0.25) is 0 Å².